The van der Waals surface area contributed by atoms with Crippen LogP contribution in [-0.2, 0) is 6.54 Å². The molecule has 0 aliphatic heterocycles. The van der Waals surface area contributed by atoms with Crippen LogP contribution >= 0.6 is 11.6 Å². The van der Waals surface area contributed by atoms with Gasteiger partial charge in [0.05, 0.1) is 5.52 Å². The predicted molar refractivity (Wildman–Crippen MR) is 79.4 cm³/mol. The van der Waals surface area contributed by atoms with Gasteiger partial charge in [-0.15, -0.1) is 0 Å². The molecule has 0 aliphatic carbocycles. The van der Waals surface area contributed by atoms with Crippen LogP contribution in [0.1, 0.15) is 25.8 Å². The Morgan fingerprint density at radius 1 is 1.32 bits per heavy atom. The average Bonchev–Trinajstić information content (AvgIpc) is 2.38. The molecule has 0 radical (unpaired) electrons. The molecule has 0 aliphatic rings. The van der Waals surface area contributed by atoms with Crippen LogP contribution in [0.15, 0.2) is 30.5 Å². The van der Waals surface area contributed by atoms with Crippen molar-refractivity contribution in [3.8, 4) is 0 Å². The molecule has 2 rings (SSSR count). The summed E-state index contributed by atoms with van der Waals surface area (Å²) >= 11 is 6.18. The van der Waals surface area contributed by atoms with Crippen LogP contribution < -0.4 is 5.32 Å². The number of aliphatic hydroxyl groups is 1. The summed E-state index contributed by atoms with van der Waals surface area (Å²) < 4.78 is 0. The molecular formula is C15H19ClN2O. The first kappa shape index (κ1) is 14.3. The third kappa shape index (κ3) is 3.44. The van der Waals surface area contributed by atoms with Crippen LogP contribution in [0.5, 0.6) is 0 Å². The normalized spacial score (nSPS) is 12.0. The highest BCUT2D eigenvalue weighted by molar-refractivity contribution is 6.35. The van der Waals surface area contributed by atoms with E-state index in [9.17, 15) is 0 Å². The first-order chi connectivity index (χ1) is 9.03. The van der Waals surface area contributed by atoms with Gasteiger partial charge in [-0.3, -0.25) is 4.98 Å². The summed E-state index contributed by atoms with van der Waals surface area (Å²) in [7, 11) is 0. The highest BCUT2D eigenvalue weighted by Gasteiger charge is 2.16. The zero-order valence-corrected chi connectivity index (χ0v) is 12.0. The Bertz CT molecular complexity index is 569. The highest BCUT2D eigenvalue weighted by atomic mass is 35.5. The van der Waals surface area contributed by atoms with Crippen LogP contribution in [-0.4, -0.2) is 22.2 Å². The summed E-state index contributed by atoms with van der Waals surface area (Å²) in [6.07, 6.45) is 2.49. The van der Waals surface area contributed by atoms with Crippen LogP contribution in [0.2, 0.25) is 5.02 Å². The lowest BCUT2D eigenvalue weighted by Gasteiger charge is -2.25. The molecule has 0 spiro atoms. The maximum Gasteiger partial charge on any atom is 0.0761 e. The number of aliphatic hydroxyl groups excluding tert-OH is 1. The van der Waals surface area contributed by atoms with Gasteiger partial charge in [-0.25, -0.2) is 0 Å². The molecule has 1 aromatic heterocycles. The SMILES string of the molecule is CC(C)(CCO)NCc1ccc(Cl)c2cccnc12. The van der Waals surface area contributed by atoms with Crippen LogP contribution in [0.3, 0.4) is 0 Å². The summed E-state index contributed by atoms with van der Waals surface area (Å²) in [5.41, 5.74) is 1.95. The number of nitrogens with zero attached hydrogens (tertiary/aromatic N) is 1. The molecule has 0 saturated heterocycles. The number of halogens is 1. The minimum atomic E-state index is -0.102. The quantitative estimate of drug-likeness (QED) is 0.883. The van der Waals surface area contributed by atoms with E-state index in [2.05, 4.69) is 24.1 Å². The van der Waals surface area contributed by atoms with E-state index >= 15 is 0 Å². The predicted octanol–water partition coefficient (Wildman–Crippen LogP) is 3.14. The van der Waals surface area contributed by atoms with Crippen LogP contribution in [0.25, 0.3) is 10.9 Å². The summed E-state index contributed by atoms with van der Waals surface area (Å²) in [6, 6.07) is 7.77. The van der Waals surface area contributed by atoms with Crippen molar-refractivity contribution in [3.63, 3.8) is 0 Å². The molecule has 102 valence electrons. The second-order valence-corrected chi connectivity index (χ2v) is 5.72. The molecule has 19 heavy (non-hydrogen) atoms. The smallest absolute Gasteiger partial charge is 0.0761 e. The zero-order valence-electron chi connectivity index (χ0n) is 11.3. The van der Waals surface area contributed by atoms with Crippen molar-refractivity contribution in [2.24, 2.45) is 0 Å². The Morgan fingerprint density at radius 2 is 2.11 bits per heavy atom. The molecule has 0 saturated carbocycles. The summed E-state index contributed by atoms with van der Waals surface area (Å²) in [5.74, 6) is 0. The first-order valence-electron chi connectivity index (χ1n) is 6.41. The van der Waals surface area contributed by atoms with Crippen molar-refractivity contribution in [2.45, 2.75) is 32.4 Å². The largest absolute Gasteiger partial charge is 0.396 e. The molecule has 2 N–H and O–H groups in total. The lowest BCUT2D eigenvalue weighted by atomic mass is 10.0. The van der Waals surface area contributed by atoms with Gasteiger partial charge in [-0.1, -0.05) is 17.7 Å². The maximum atomic E-state index is 9.04. The summed E-state index contributed by atoms with van der Waals surface area (Å²) in [4.78, 5) is 4.41. The fourth-order valence-corrected chi connectivity index (χ4v) is 2.26. The Labute approximate surface area is 118 Å². The number of fused-ring (bicyclic) bond motifs is 1. The molecule has 1 aromatic carbocycles. The average molecular weight is 279 g/mol. The van der Waals surface area contributed by atoms with E-state index < -0.39 is 0 Å². The monoisotopic (exact) mass is 278 g/mol. The molecule has 1 heterocycles. The van der Waals surface area contributed by atoms with Gasteiger partial charge in [-0.2, -0.15) is 0 Å². The molecule has 0 amide bonds. The second kappa shape index (κ2) is 5.87. The third-order valence-electron chi connectivity index (χ3n) is 3.29. The van der Waals surface area contributed by atoms with Gasteiger partial charge in [0.2, 0.25) is 0 Å². The molecule has 3 nitrogen and oxygen atoms in total. The number of hydrogen-bond donors (Lipinski definition) is 2. The number of pyridine rings is 1. The molecule has 4 heteroatoms. The summed E-state index contributed by atoms with van der Waals surface area (Å²) in [6.45, 7) is 5.04. The standard InChI is InChI=1S/C15H19ClN2O/c1-15(2,7-9-19)18-10-11-5-6-13(16)12-4-3-8-17-14(11)12/h3-6,8,18-19H,7,9-10H2,1-2H3. The van der Waals surface area contributed by atoms with Gasteiger partial charge in [0, 0.05) is 35.3 Å². The third-order valence-corrected chi connectivity index (χ3v) is 3.62. The van der Waals surface area contributed by atoms with E-state index in [4.69, 9.17) is 16.7 Å². The molecule has 0 fully saturated rings. The summed E-state index contributed by atoms with van der Waals surface area (Å²) in [5, 5.41) is 14.2. The number of aromatic nitrogens is 1. The molecule has 0 bridgehead atoms. The van der Waals surface area contributed by atoms with Crippen molar-refractivity contribution in [2.75, 3.05) is 6.61 Å². The van der Waals surface area contributed by atoms with Crippen molar-refractivity contribution >= 4 is 22.5 Å². The van der Waals surface area contributed by atoms with Gasteiger partial charge in [0.15, 0.2) is 0 Å². The van der Waals surface area contributed by atoms with Crippen molar-refractivity contribution in [3.05, 3.63) is 41.0 Å². The number of nitrogens with one attached hydrogen (secondary N) is 1. The van der Waals surface area contributed by atoms with Gasteiger partial charge >= 0.3 is 0 Å². The maximum absolute atomic E-state index is 9.04. The number of hydrogen-bond acceptors (Lipinski definition) is 3. The topological polar surface area (TPSA) is 45.1 Å². The Kier molecular flexibility index (Phi) is 4.40. The van der Waals surface area contributed by atoms with Crippen LogP contribution in [0, 0.1) is 0 Å². The van der Waals surface area contributed by atoms with E-state index in [1.54, 1.807) is 6.20 Å². The van der Waals surface area contributed by atoms with Gasteiger partial charge in [0.1, 0.15) is 0 Å². The Balaban J connectivity index is 2.24. The Morgan fingerprint density at radius 3 is 2.84 bits per heavy atom. The van der Waals surface area contributed by atoms with Gasteiger partial charge < -0.3 is 10.4 Å². The minimum absolute atomic E-state index is 0.102. The highest BCUT2D eigenvalue weighted by Crippen LogP contribution is 2.25. The van der Waals surface area contributed by atoms with Crippen molar-refractivity contribution in [1.29, 1.82) is 0 Å². The van der Waals surface area contributed by atoms with Gasteiger partial charge in [-0.05, 0) is 44.0 Å². The van der Waals surface area contributed by atoms with Crippen molar-refractivity contribution < 1.29 is 5.11 Å². The van der Waals surface area contributed by atoms with E-state index in [1.165, 1.54) is 0 Å². The van der Waals surface area contributed by atoms with E-state index in [0.717, 1.165) is 21.5 Å². The fraction of sp³-hybridized carbons (Fsp3) is 0.400. The fourth-order valence-electron chi connectivity index (χ4n) is 2.04. The molecule has 0 unspecified atom stereocenters. The Hall–Kier alpha value is -1.16. The van der Waals surface area contributed by atoms with E-state index in [-0.39, 0.29) is 12.1 Å². The van der Waals surface area contributed by atoms with Crippen LogP contribution in [0.4, 0.5) is 0 Å². The molecular weight excluding hydrogens is 260 g/mol. The van der Waals surface area contributed by atoms with Gasteiger partial charge in [0.25, 0.3) is 0 Å². The van der Waals surface area contributed by atoms with E-state index in [0.29, 0.717) is 13.0 Å². The molecule has 0 atom stereocenters. The number of benzene rings is 1. The van der Waals surface area contributed by atoms with E-state index in [1.807, 2.05) is 24.3 Å². The number of rotatable bonds is 5. The lowest BCUT2D eigenvalue weighted by molar-refractivity contribution is 0.230. The minimum Gasteiger partial charge on any atom is -0.396 e. The zero-order chi connectivity index (χ0) is 13.9. The van der Waals surface area contributed by atoms with Crippen molar-refractivity contribution in [1.82, 2.24) is 10.3 Å². The lowest BCUT2D eigenvalue weighted by Crippen LogP contribution is -2.39. The second-order valence-electron chi connectivity index (χ2n) is 5.32. The first-order valence-corrected chi connectivity index (χ1v) is 6.79. The molecule has 2 aromatic rings.